The van der Waals surface area contributed by atoms with Crippen molar-refractivity contribution >= 4 is 0 Å². The van der Waals surface area contributed by atoms with E-state index in [4.69, 9.17) is 0 Å². The molecule has 1 fully saturated rings. The van der Waals surface area contributed by atoms with E-state index >= 15 is 0 Å². The van der Waals surface area contributed by atoms with E-state index in [0.29, 0.717) is 6.04 Å². The molecule has 0 aliphatic carbocycles. The van der Waals surface area contributed by atoms with Crippen LogP contribution < -0.4 is 5.32 Å². The Hall–Kier alpha value is -0.120. The van der Waals surface area contributed by atoms with E-state index in [1.54, 1.807) is 0 Å². The third-order valence-electron chi connectivity index (χ3n) is 4.68. The summed E-state index contributed by atoms with van der Waals surface area (Å²) in [7, 11) is 0. The van der Waals surface area contributed by atoms with Crippen LogP contribution in [-0.4, -0.2) is 61.7 Å². The van der Waals surface area contributed by atoms with Crippen LogP contribution in [0.5, 0.6) is 0 Å². The third-order valence-corrected chi connectivity index (χ3v) is 4.68. The van der Waals surface area contributed by atoms with E-state index in [2.05, 4.69) is 42.8 Å². The Morgan fingerprint density at radius 1 is 1.16 bits per heavy atom. The second kappa shape index (κ2) is 9.73. The van der Waals surface area contributed by atoms with E-state index in [9.17, 15) is 0 Å². The molecule has 3 heteroatoms. The van der Waals surface area contributed by atoms with Crippen LogP contribution >= 0.6 is 0 Å². The van der Waals surface area contributed by atoms with Gasteiger partial charge in [-0.05, 0) is 64.8 Å². The molecule has 1 rings (SSSR count). The second-order valence-electron chi connectivity index (χ2n) is 5.95. The zero-order chi connectivity index (χ0) is 14.1. The summed E-state index contributed by atoms with van der Waals surface area (Å²) in [5, 5.41) is 3.66. The molecule has 0 aromatic rings. The molecule has 1 atom stereocenters. The van der Waals surface area contributed by atoms with Crippen LogP contribution in [0.3, 0.4) is 0 Å². The molecule has 0 bridgehead atoms. The van der Waals surface area contributed by atoms with Crippen LogP contribution in [0.25, 0.3) is 0 Å². The number of likely N-dealkylation sites (tertiary alicyclic amines) is 1. The summed E-state index contributed by atoms with van der Waals surface area (Å²) >= 11 is 0. The monoisotopic (exact) mass is 269 g/mol. The van der Waals surface area contributed by atoms with Gasteiger partial charge in [0.15, 0.2) is 0 Å². The average Bonchev–Trinajstić information content (AvgIpc) is 2.46. The molecule has 19 heavy (non-hydrogen) atoms. The standard InChI is InChI=1S/C16H35N3/c1-5-10-17-15(4)16-8-11-19(12-9-16)14-13-18(6-2)7-3/h15-17H,5-14H2,1-4H3. The highest BCUT2D eigenvalue weighted by atomic mass is 15.2. The van der Waals surface area contributed by atoms with Crippen molar-refractivity contribution in [2.24, 2.45) is 5.92 Å². The summed E-state index contributed by atoms with van der Waals surface area (Å²) in [4.78, 5) is 5.18. The van der Waals surface area contributed by atoms with Crippen LogP contribution in [0, 0.1) is 5.92 Å². The summed E-state index contributed by atoms with van der Waals surface area (Å²) in [5.74, 6) is 0.885. The average molecular weight is 269 g/mol. The molecule has 1 aliphatic rings. The Balaban J connectivity index is 2.17. The van der Waals surface area contributed by atoms with E-state index in [1.807, 2.05) is 0 Å². The van der Waals surface area contributed by atoms with Gasteiger partial charge in [-0.2, -0.15) is 0 Å². The van der Waals surface area contributed by atoms with Gasteiger partial charge in [0.1, 0.15) is 0 Å². The Kier molecular flexibility index (Phi) is 8.67. The van der Waals surface area contributed by atoms with Crippen LogP contribution in [0.15, 0.2) is 0 Å². The second-order valence-corrected chi connectivity index (χ2v) is 5.95. The van der Waals surface area contributed by atoms with E-state index in [1.165, 1.54) is 65.1 Å². The van der Waals surface area contributed by atoms with Gasteiger partial charge < -0.3 is 15.1 Å². The maximum atomic E-state index is 3.66. The minimum atomic E-state index is 0.699. The van der Waals surface area contributed by atoms with E-state index in [0.717, 1.165) is 5.92 Å². The Morgan fingerprint density at radius 2 is 1.79 bits per heavy atom. The van der Waals surface area contributed by atoms with Crippen molar-refractivity contribution in [2.45, 2.75) is 53.0 Å². The summed E-state index contributed by atoms with van der Waals surface area (Å²) in [6, 6.07) is 0.699. The maximum Gasteiger partial charge on any atom is 0.0109 e. The lowest BCUT2D eigenvalue weighted by atomic mass is 9.90. The van der Waals surface area contributed by atoms with Gasteiger partial charge in [-0.1, -0.05) is 20.8 Å². The predicted molar refractivity (Wildman–Crippen MR) is 84.7 cm³/mol. The zero-order valence-electron chi connectivity index (χ0n) is 13.6. The lowest BCUT2D eigenvalue weighted by molar-refractivity contribution is 0.144. The Morgan fingerprint density at radius 3 is 2.32 bits per heavy atom. The van der Waals surface area contributed by atoms with Gasteiger partial charge in [-0.25, -0.2) is 0 Å². The van der Waals surface area contributed by atoms with Crippen molar-refractivity contribution in [2.75, 3.05) is 45.8 Å². The lowest BCUT2D eigenvalue weighted by Crippen LogP contribution is -2.44. The highest BCUT2D eigenvalue weighted by Crippen LogP contribution is 2.20. The number of likely N-dealkylation sites (N-methyl/N-ethyl adjacent to an activating group) is 1. The molecular weight excluding hydrogens is 234 g/mol. The van der Waals surface area contributed by atoms with Crippen molar-refractivity contribution in [1.82, 2.24) is 15.1 Å². The van der Waals surface area contributed by atoms with Gasteiger partial charge in [0.25, 0.3) is 0 Å². The van der Waals surface area contributed by atoms with Gasteiger partial charge in [-0.15, -0.1) is 0 Å². The molecule has 1 aliphatic heterocycles. The van der Waals surface area contributed by atoms with Crippen molar-refractivity contribution in [3.05, 3.63) is 0 Å². The van der Waals surface area contributed by atoms with Gasteiger partial charge in [0, 0.05) is 19.1 Å². The molecular formula is C16H35N3. The van der Waals surface area contributed by atoms with Crippen LogP contribution in [0.4, 0.5) is 0 Å². The van der Waals surface area contributed by atoms with Gasteiger partial charge in [0.2, 0.25) is 0 Å². The number of nitrogens with zero attached hydrogens (tertiary/aromatic N) is 2. The molecule has 1 heterocycles. The van der Waals surface area contributed by atoms with Gasteiger partial charge >= 0.3 is 0 Å². The molecule has 1 saturated heterocycles. The summed E-state index contributed by atoms with van der Waals surface area (Å²) in [5.41, 5.74) is 0. The first-order valence-corrected chi connectivity index (χ1v) is 8.39. The SMILES string of the molecule is CCCNC(C)C1CCN(CCN(CC)CC)CC1. The minimum Gasteiger partial charge on any atom is -0.314 e. The summed E-state index contributed by atoms with van der Waals surface area (Å²) in [6.45, 7) is 17.8. The fourth-order valence-electron chi connectivity index (χ4n) is 3.04. The number of hydrogen-bond acceptors (Lipinski definition) is 3. The Bertz CT molecular complexity index is 208. The Labute approximate surface area is 120 Å². The van der Waals surface area contributed by atoms with Crippen molar-refractivity contribution in [3.63, 3.8) is 0 Å². The smallest absolute Gasteiger partial charge is 0.0109 e. The third kappa shape index (κ3) is 6.24. The molecule has 3 nitrogen and oxygen atoms in total. The van der Waals surface area contributed by atoms with Crippen molar-refractivity contribution in [3.8, 4) is 0 Å². The molecule has 0 radical (unpaired) electrons. The molecule has 1 N–H and O–H groups in total. The molecule has 0 spiro atoms. The molecule has 0 aromatic carbocycles. The fourth-order valence-corrected chi connectivity index (χ4v) is 3.04. The summed E-state index contributed by atoms with van der Waals surface area (Å²) < 4.78 is 0. The molecule has 0 amide bonds. The topological polar surface area (TPSA) is 18.5 Å². The normalized spacial score (nSPS) is 20.1. The van der Waals surface area contributed by atoms with Crippen molar-refractivity contribution < 1.29 is 0 Å². The molecule has 0 aromatic heterocycles. The highest BCUT2D eigenvalue weighted by Gasteiger charge is 2.23. The number of piperidine rings is 1. The lowest BCUT2D eigenvalue weighted by Gasteiger charge is -2.36. The molecule has 0 saturated carbocycles. The van der Waals surface area contributed by atoms with Crippen LogP contribution in [0.1, 0.15) is 47.0 Å². The van der Waals surface area contributed by atoms with E-state index < -0.39 is 0 Å². The zero-order valence-corrected chi connectivity index (χ0v) is 13.6. The first kappa shape index (κ1) is 16.9. The van der Waals surface area contributed by atoms with Gasteiger partial charge in [0.05, 0.1) is 0 Å². The molecule has 114 valence electrons. The number of nitrogens with one attached hydrogen (secondary N) is 1. The van der Waals surface area contributed by atoms with Gasteiger partial charge in [-0.3, -0.25) is 0 Å². The highest BCUT2D eigenvalue weighted by molar-refractivity contribution is 4.79. The maximum absolute atomic E-state index is 3.66. The minimum absolute atomic E-state index is 0.699. The quantitative estimate of drug-likeness (QED) is 0.693. The largest absolute Gasteiger partial charge is 0.314 e. The van der Waals surface area contributed by atoms with Crippen LogP contribution in [0.2, 0.25) is 0 Å². The molecule has 1 unspecified atom stereocenters. The number of rotatable bonds is 9. The van der Waals surface area contributed by atoms with Crippen LogP contribution in [-0.2, 0) is 0 Å². The van der Waals surface area contributed by atoms with E-state index in [-0.39, 0.29) is 0 Å². The number of hydrogen-bond donors (Lipinski definition) is 1. The van der Waals surface area contributed by atoms with Crippen molar-refractivity contribution in [1.29, 1.82) is 0 Å². The summed E-state index contributed by atoms with van der Waals surface area (Å²) in [6.07, 6.45) is 3.99. The predicted octanol–water partition coefficient (Wildman–Crippen LogP) is 2.43. The first-order chi connectivity index (χ1) is 9.21. The first-order valence-electron chi connectivity index (χ1n) is 8.39. The fraction of sp³-hybridized carbons (Fsp3) is 1.00.